The highest BCUT2D eigenvalue weighted by Crippen LogP contribution is 2.32. The Morgan fingerprint density at radius 1 is 1.15 bits per heavy atom. The third kappa shape index (κ3) is 6.51. The summed E-state index contributed by atoms with van der Waals surface area (Å²) in [5.41, 5.74) is 1.46. The molecule has 0 fully saturated rings. The smallest absolute Gasteiger partial charge is 0.307 e. The lowest BCUT2D eigenvalue weighted by Crippen LogP contribution is -2.29. The molecule has 0 atom stereocenters. The molecule has 3 aromatic rings. The summed E-state index contributed by atoms with van der Waals surface area (Å²) in [7, 11) is -1.15. The van der Waals surface area contributed by atoms with Gasteiger partial charge in [0.15, 0.2) is 0 Å². The summed E-state index contributed by atoms with van der Waals surface area (Å²) in [5.74, 6) is 0.0320. The first-order chi connectivity index (χ1) is 16.2. The van der Waals surface area contributed by atoms with E-state index in [1.54, 1.807) is 24.3 Å². The molecular weight excluding hydrogens is 518 g/mol. The fraction of sp³-hybridized carbons (Fsp3) is 0.182. The van der Waals surface area contributed by atoms with Gasteiger partial charge < -0.3 is 10.1 Å². The van der Waals surface area contributed by atoms with Gasteiger partial charge in [-0.05, 0) is 54.7 Å². The summed E-state index contributed by atoms with van der Waals surface area (Å²) < 4.78 is 35.8. The van der Waals surface area contributed by atoms with Crippen molar-refractivity contribution in [1.29, 1.82) is 0 Å². The minimum absolute atomic E-state index is 0.0136. The van der Waals surface area contributed by atoms with Gasteiger partial charge in [0, 0.05) is 34.0 Å². The van der Waals surface area contributed by atoms with E-state index >= 15 is 0 Å². The van der Waals surface area contributed by atoms with Crippen molar-refractivity contribution >= 4 is 56.1 Å². The van der Waals surface area contributed by atoms with Crippen LogP contribution in [-0.2, 0) is 16.4 Å². The normalized spacial score (nSPS) is 11.1. The van der Waals surface area contributed by atoms with E-state index in [0.717, 1.165) is 4.88 Å². The van der Waals surface area contributed by atoms with Gasteiger partial charge in [-0.2, -0.15) is 0 Å². The Bertz CT molecular complexity index is 1280. The lowest BCUT2D eigenvalue weighted by Gasteiger charge is -2.13. The second kappa shape index (κ2) is 11.7. The zero-order chi connectivity index (χ0) is 24.7. The highest BCUT2D eigenvalue weighted by molar-refractivity contribution is 8.13. The van der Waals surface area contributed by atoms with Crippen molar-refractivity contribution in [2.24, 2.45) is 0 Å². The number of thiophene rings is 1. The fourth-order valence-corrected chi connectivity index (χ4v) is 5.92. The summed E-state index contributed by atoms with van der Waals surface area (Å²) in [6.45, 7) is 0.244. The van der Waals surface area contributed by atoms with E-state index < -0.39 is 15.3 Å². The molecular formula is C22H22ClN3O5S3. The van der Waals surface area contributed by atoms with Crippen LogP contribution < -0.4 is 19.5 Å². The Hall–Kier alpha value is -2.57. The highest BCUT2D eigenvalue weighted by atomic mass is 35.5. The number of sulfonamides is 1. The second-order valence-corrected chi connectivity index (χ2v) is 10.9. The SMILES string of the molecule is CNSC(=O)NS(=O)(=O)c1cc(CCNC(=O)c2cc(Cl)ccc2OC)ccc1-c1cccs1. The molecule has 0 saturated carbocycles. The van der Waals surface area contributed by atoms with Crippen LogP contribution in [0.3, 0.4) is 0 Å². The summed E-state index contributed by atoms with van der Waals surface area (Å²) in [6.07, 6.45) is 0.362. The zero-order valence-electron chi connectivity index (χ0n) is 18.3. The van der Waals surface area contributed by atoms with Crippen molar-refractivity contribution in [2.45, 2.75) is 11.3 Å². The molecule has 0 radical (unpaired) electrons. The summed E-state index contributed by atoms with van der Waals surface area (Å²) in [6, 6.07) is 13.4. The van der Waals surface area contributed by atoms with Gasteiger partial charge in [0.05, 0.1) is 17.6 Å². The van der Waals surface area contributed by atoms with Crippen molar-refractivity contribution in [3.05, 3.63) is 70.1 Å². The van der Waals surface area contributed by atoms with E-state index in [1.165, 1.54) is 37.6 Å². The largest absolute Gasteiger partial charge is 0.496 e. The Balaban J connectivity index is 1.81. The van der Waals surface area contributed by atoms with Crippen molar-refractivity contribution in [3.63, 3.8) is 0 Å². The van der Waals surface area contributed by atoms with Crippen molar-refractivity contribution in [3.8, 4) is 16.2 Å². The average Bonchev–Trinajstić information content (AvgIpc) is 3.33. The van der Waals surface area contributed by atoms with E-state index in [-0.39, 0.29) is 17.3 Å². The van der Waals surface area contributed by atoms with E-state index in [4.69, 9.17) is 16.3 Å². The first-order valence-corrected chi connectivity index (χ1v) is 13.5. The first kappa shape index (κ1) is 26.0. The lowest BCUT2D eigenvalue weighted by atomic mass is 10.1. The number of carbonyl (C=O) groups is 2. The zero-order valence-corrected chi connectivity index (χ0v) is 21.5. The highest BCUT2D eigenvalue weighted by Gasteiger charge is 2.23. The van der Waals surface area contributed by atoms with Gasteiger partial charge >= 0.3 is 5.24 Å². The van der Waals surface area contributed by atoms with Crippen LogP contribution >= 0.6 is 34.9 Å². The topological polar surface area (TPSA) is 114 Å². The van der Waals surface area contributed by atoms with Crippen molar-refractivity contribution < 1.29 is 22.7 Å². The molecule has 0 saturated heterocycles. The maximum atomic E-state index is 13.0. The first-order valence-electron chi connectivity index (χ1n) is 9.94. The van der Waals surface area contributed by atoms with Crippen molar-refractivity contribution in [2.75, 3.05) is 20.7 Å². The molecule has 0 unspecified atom stereocenters. The predicted octanol–water partition coefficient (Wildman–Crippen LogP) is 4.32. The minimum atomic E-state index is -4.13. The number of halogens is 1. The number of benzene rings is 2. The third-order valence-corrected chi connectivity index (χ3v) is 7.77. The number of amides is 2. The molecule has 0 aliphatic carbocycles. The number of nitrogens with one attached hydrogen (secondary N) is 3. The monoisotopic (exact) mass is 539 g/mol. The summed E-state index contributed by atoms with van der Waals surface area (Å²) in [4.78, 5) is 25.2. The van der Waals surface area contributed by atoms with Crippen LogP contribution in [0.5, 0.6) is 5.75 Å². The van der Waals surface area contributed by atoms with E-state index in [9.17, 15) is 18.0 Å². The maximum Gasteiger partial charge on any atom is 0.307 e. The van der Waals surface area contributed by atoms with E-state index in [0.29, 0.717) is 45.8 Å². The lowest BCUT2D eigenvalue weighted by molar-refractivity contribution is 0.0951. The van der Waals surface area contributed by atoms with Gasteiger partial charge in [-0.3, -0.25) is 14.3 Å². The quantitative estimate of drug-likeness (QED) is 0.347. The molecule has 8 nitrogen and oxygen atoms in total. The van der Waals surface area contributed by atoms with Crippen LogP contribution in [0.1, 0.15) is 15.9 Å². The van der Waals surface area contributed by atoms with Gasteiger partial charge in [0.2, 0.25) is 0 Å². The minimum Gasteiger partial charge on any atom is -0.496 e. The van der Waals surface area contributed by atoms with Crippen LogP contribution in [0.15, 0.2) is 58.8 Å². The molecule has 1 heterocycles. The van der Waals surface area contributed by atoms with Gasteiger partial charge in [-0.25, -0.2) is 13.1 Å². The Kier molecular flexibility index (Phi) is 8.97. The van der Waals surface area contributed by atoms with Crippen LogP contribution in [0.2, 0.25) is 5.02 Å². The Labute approximate surface area is 211 Å². The summed E-state index contributed by atoms with van der Waals surface area (Å²) >= 11 is 8.02. The molecule has 12 heteroatoms. The number of methoxy groups -OCH3 is 1. The molecule has 2 amide bonds. The van der Waals surface area contributed by atoms with Gasteiger partial charge in [-0.15, -0.1) is 11.3 Å². The van der Waals surface area contributed by atoms with E-state index in [2.05, 4.69) is 14.8 Å². The maximum absolute atomic E-state index is 13.0. The standard InChI is InChI=1S/C22H22ClN3O5S3/c1-24-33-22(28)26-34(29,30)20-12-14(5-7-16(20)19-4-3-11-32-19)9-10-25-21(27)17-13-15(23)6-8-18(17)31-2/h3-8,11-13,24H,9-10H2,1-2H3,(H,25,27)(H,26,28). The van der Waals surface area contributed by atoms with Crippen LogP contribution in [0.4, 0.5) is 4.79 Å². The molecule has 34 heavy (non-hydrogen) atoms. The molecule has 180 valence electrons. The van der Waals surface area contributed by atoms with Crippen LogP contribution in [-0.4, -0.2) is 40.3 Å². The Morgan fingerprint density at radius 2 is 1.94 bits per heavy atom. The molecule has 3 rings (SSSR count). The van der Waals surface area contributed by atoms with Crippen LogP contribution in [0.25, 0.3) is 10.4 Å². The molecule has 2 aromatic carbocycles. The van der Waals surface area contributed by atoms with Crippen LogP contribution in [0, 0.1) is 0 Å². The van der Waals surface area contributed by atoms with Gasteiger partial charge in [-0.1, -0.05) is 29.8 Å². The molecule has 3 N–H and O–H groups in total. The third-order valence-electron chi connectivity index (χ3n) is 4.64. The predicted molar refractivity (Wildman–Crippen MR) is 136 cm³/mol. The van der Waals surface area contributed by atoms with Gasteiger partial charge in [0.25, 0.3) is 15.9 Å². The Morgan fingerprint density at radius 3 is 2.62 bits per heavy atom. The van der Waals surface area contributed by atoms with Crippen molar-refractivity contribution in [1.82, 2.24) is 14.8 Å². The molecule has 1 aromatic heterocycles. The second-order valence-electron chi connectivity index (χ2n) is 6.86. The summed E-state index contributed by atoms with van der Waals surface area (Å²) in [5, 5.41) is 4.30. The number of hydrogen-bond acceptors (Lipinski definition) is 8. The number of ether oxygens (including phenoxy) is 1. The molecule has 0 aliphatic rings. The van der Waals surface area contributed by atoms with Gasteiger partial charge in [0.1, 0.15) is 5.75 Å². The molecule has 0 spiro atoms. The fourth-order valence-electron chi connectivity index (χ4n) is 3.13. The average molecular weight is 540 g/mol. The van der Waals surface area contributed by atoms with E-state index in [1.807, 2.05) is 17.5 Å². The molecule has 0 bridgehead atoms. The number of rotatable bonds is 9. The number of carbonyl (C=O) groups excluding carboxylic acids is 2. The number of hydrogen-bond donors (Lipinski definition) is 3. The molecule has 0 aliphatic heterocycles.